The van der Waals surface area contributed by atoms with Gasteiger partial charge in [0.1, 0.15) is 0 Å². The van der Waals surface area contributed by atoms with E-state index in [9.17, 15) is 14.7 Å². The van der Waals surface area contributed by atoms with Gasteiger partial charge in [-0.3, -0.25) is 9.59 Å². The zero-order valence-corrected chi connectivity index (χ0v) is 14.6. The number of ether oxygens (including phenoxy) is 1. The number of esters is 1. The standard InChI is InChI=1S/C17H25NO4S/c1-3-17(8-6-13(19)7-9-17)16(21)22-12-15(20)18(2)11-14-5-4-10-23-14/h4-5,10,13,19H,3,6-9,11-12H2,1-2H3. The molecule has 1 aliphatic carbocycles. The molecule has 128 valence electrons. The highest BCUT2D eigenvalue weighted by Gasteiger charge is 2.41. The molecule has 1 saturated carbocycles. The summed E-state index contributed by atoms with van der Waals surface area (Å²) in [5, 5.41) is 11.6. The van der Waals surface area contributed by atoms with Crippen molar-refractivity contribution >= 4 is 23.2 Å². The number of hydrogen-bond acceptors (Lipinski definition) is 5. The minimum absolute atomic E-state index is 0.200. The van der Waals surface area contributed by atoms with Gasteiger partial charge in [0.05, 0.1) is 18.1 Å². The lowest BCUT2D eigenvalue weighted by Gasteiger charge is -2.35. The van der Waals surface area contributed by atoms with Gasteiger partial charge in [-0.25, -0.2) is 0 Å². The molecule has 1 amide bonds. The van der Waals surface area contributed by atoms with Crippen molar-refractivity contribution in [3.8, 4) is 0 Å². The van der Waals surface area contributed by atoms with Crippen molar-refractivity contribution in [2.24, 2.45) is 5.41 Å². The predicted octanol–water partition coefficient (Wildman–Crippen LogP) is 2.58. The third-order valence-corrected chi connectivity index (χ3v) is 5.61. The summed E-state index contributed by atoms with van der Waals surface area (Å²) >= 11 is 1.59. The van der Waals surface area contributed by atoms with Gasteiger partial charge >= 0.3 is 5.97 Å². The minimum Gasteiger partial charge on any atom is -0.455 e. The lowest BCUT2D eigenvalue weighted by molar-refractivity contribution is -0.164. The monoisotopic (exact) mass is 339 g/mol. The van der Waals surface area contributed by atoms with Crippen molar-refractivity contribution in [3.05, 3.63) is 22.4 Å². The average Bonchev–Trinajstić information content (AvgIpc) is 3.06. The Balaban J connectivity index is 1.84. The molecule has 1 heterocycles. The van der Waals surface area contributed by atoms with Crippen molar-refractivity contribution in [1.82, 2.24) is 4.90 Å². The second kappa shape index (κ2) is 7.93. The molecule has 0 spiro atoms. The molecule has 0 aliphatic heterocycles. The molecule has 0 bridgehead atoms. The van der Waals surface area contributed by atoms with Crippen molar-refractivity contribution in [1.29, 1.82) is 0 Å². The Morgan fingerprint density at radius 2 is 2.13 bits per heavy atom. The molecule has 1 fully saturated rings. The van der Waals surface area contributed by atoms with E-state index in [0.29, 0.717) is 38.6 Å². The van der Waals surface area contributed by atoms with E-state index < -0.39 is 5.41 Å². The normalized spacial score (nSPS) is 24.2. The fourth-order valence-electron chi connectivity index (χ4n) is 2.97. The van der Waals surface area contributed by atoms with Crippen molar-refractivity contribution in [2.75, 3.05) is 13.7 Å². The summed E-state index contributed by atoms with van der Waals surface area (Å²) in [7, 11) is 1.71. The van der Waals surface area contributed by atoms with Crippen LogP contribution in [0.2, 0.25) is 0 Å². The van der Waals surface area contributed by atoms with Gasteiger partial charge in [-0.05, 0) is 43.6 Å². The first kappa shape index (κ1) is 17.9. The molecule has 6 heteroatoms. The Morgan fingerprint density at radius 3 is 2.70 bits per heavy atom. The number of nitrogens with zero attached hydrogens (tertiary/aromatic N) is 1. The lowest BCUT2D eigenvalue weighted by atomic mass is 9.71. The maximum atomic E-state index is 12.4. The van der Waals surface area contributed by atoms with E-state index >= 15 is 0 Å². The number of hydrogen-bond donors (Lipinski definition) is 1. The summed E-state index contributed by atoms with van der Waals surface area (Å²) in [4.78, 5) is 27.2. The SMILES string of the molecule is CCC1(C(=O)OCC(=O)N(C)Cc2cccs2)CCC(O)CC1. The zero-order chi connectivity index (χ0) is 16.9. The van der Waals surface area contributed by atoms with Crippen LogP contribution in [0.15, 0.2) is 17.5 Å². The first-order chi connectivity index (χ1) is 11.0. The van der Waals surface area contributed by atoms with E-state index in [2.05, 4.69) is 0 Å². The van der Waals surface area contributed by atoms with Crippen LogP contribution < -0.4 is 0 Å². The van der Waals surface area contributed by atoms with Crippen LogP contribution in [0, 0.1) is 5.41 Å². The van der Waals surface area contributed by atoms with E-state index in [4.69, 9.17) is 4.74 Å². The Kier molecular flexibility index (Phi) is 6.18. The molecule has 1 N–H and O–H groups in total. The molecule has 1 aromatic heterocycles. The van der Waals surface area contributed by atoms with Gasteiger partial charge in [-0.1, -0.05) is 13.0 Å². The summed E-state index contributed by atoms with van der Waals surface area (Å²) in [5.41, 5.74) is -0.536. The van der Waals surface area contributed by atoms with E-state index in [1.165, 1.54) is 0 Å². The number of likely N-dealkylation sites (N-methyl/N-ethyl adjacent to an activating group) is 1. The third kappa shape index (κ3) is 4.54. The van der Waals surface area contributed by atoms with E-state index in [1.807, 2.05) is 24.4 Å². The Bertz CT molecular complexity index is 521. The van der Waals surface area contributed by atoms with Gasteiger partial charge in [0.15, 0.2) is 6.61 Å². The molecule has 5 nitrogen and oxygen atoms in total. The topological polar surface area (TPSA) is 66.8 Å². The van der Waals surface area contributed by atoms with E-state index in [0.717, 1.165) is 4.88 Å². The molecule has 1 aliphatic rings. The van der Waals surface area contributed by atoms with Gasteiger partial charge in [0.2, 0.25) is 0 Å². The molecule has 23 heavy (non-hydrogen) atoms. The molecule has 0 radical (unpaired) electrons. The second-order valence-electron chi connectivity index (χ2n) is 6.27. The van der Waals surface area contributed by atoms with Crippen LogP contribution in [0.4, 0.5) is 0 Å². The minimum atomic E-state index is -0.536. The summed E-state index contributed by atoms with van der Waals surface area (Å²) in [6, 6.07) is 3.92. The molecular weight excluding hydrogens is 314 g/mol. The average molecular weight is 339 g/mol. The summed E-state index contributed by atoms with van der Waals surface area (Å²) < 4.78 is 5.30. The first-order valence-corrected chi connectivity index (χ1v) is 8.96. The van der Waals surface area contributed by atoms with Gasteiger partial charge in [-0.15, -0.1) is 11.3 Å². The fraction of sp³-hybridized carbons (Fsp3) is 0.647. The highest BCUT2D eigenvalue weighted by atomic mass is 32.1. The maximum Gasteiger partial charge on any atom is 0.312 e. The van der Waals surface area contributed by atoms with Crippen LogP contribution >= 0.6 is 11.3 Å². The lowest BCUT2D eigenvalue weighted by Crippen LogP contribution is -2.39. The van der Waals surface area contributed by atoms with Gasteiger partial charge in [0.25, 0.3) is 5.91 Å². The number of aliphatic hydroxyl groups excluding tert-OH is 1. The van der Waals surface area contributed by atoms with Crippen LogP contribution in [0.5, 0.6) is 0 Å². The van der Waals surface area contributed by atoms with Crippen molar-refractivity contribution < 1.29 is 19.4 Å². The molecule has 0 unspecified atom stereocenters. The summed E-state index contributed by atoms with van der Waals surface area (Å²) in [6.07, 6.45) is 2.86. The number of rotatable bonds is 6. The first-order valence-electron chi connectivity index (χ1n) is 8.08. The number of carbonyl (C=O) groups is 2. The van der Waals surface area contributed by atoms with E-state index in [-0.39, 0.29) is 24.6 Å². The number of thiophene rings is 1. The Morgan fingerprint density at radius 1 is 1.43 bits per heavy atom. The second-order valence-corrected chi connectivity index (χ2v) is 7.30. The number of carbonyl (C=O) groups excluding carboxylic acids is 2. The summed E-state index contributed by atoms with van der Waals surface area (Å²) in [5.74, 6) is -0.501. The fourth-order valence-corrected chi connectivity index (χ4v) is 3.73. The van der Waals surface area contributed by atoms with Crippen molar-refractivity contribution in [3.63, 3.8) is 0 Å². The van der Waals surface area contributed by atoms with Gasteiger partial charge < -0.3 is 14.7 Å². The maximum absolute atomic E-state index is 12.4. The highest BCUT2D eigenvalue weighted by Crippen LogP contribution is 2.40. The van der Waals surface area contributed by atoms with Crippen molar-refractivity contribution in [2.45, 2.75) is 51.7 Å². The summed E-state index contributed by atoms with van der Waals surface area (Å²) in [6.45, 7) is 2.27. The quantitative estimate of drug-likeness (QED) is 0.809. The van der Waals surface area contributed by atoms with Crippen LogP contribution in [0.3, 0.4) is 0 Å². The number of aliphatic hydroxyl groups is 1. The van der Waals surface area contributed by atoms with Crippen LogP contribution in [-0.2, 0) is 20.9 Å². The Labute approximate surface area is 141 Å². The largest absolute Gasteiger partial charge is 0.455 e. The molecule has 2 rings (SSSR count). The number of amides is 1. The Hall–Kier alpha value is -1.40. The zero-order valence-electron chi connectivity index (χ0n) is 13.8. The molecular formula is C17H25NO4S. The molecule has 1 aromatic rings. The van der Waals surface area contributed by atoms with Gasteiger partial charge in [-0.2, -0.15) is 0 Å². The molecule has 0 saturated heterocycles. The third-order valence-electron chi connectivity index (χ3n) is 4.75. The highest BCUT2D eigenvalue weighted by molar-refractivity contribution is 7.09. The van der Waals surface area contributed by atoms with Gasteiger partial charge in [0, 0.05) is 11.9 Å². The van der Waals surface area contributed by atoms with Crippen LogP contribution in [-0.4, -0.2) is 41.6 Å². The van der Waals surface area contributed by atoms with E-state index in [1.54, 1.807) is 23.3 Å². The predicted molar refractivity (Wildman–Crippen MR) is 89.0 cm³/mol. The van der Waals surface area contributed by atoms with Crippen LogP contribution in [0.1, 0.15) is 43.9 Å². The molecule has 0 aromatic carbocycles. The van der Waals surface area contributed by atoms with Crippen LogP contribution in [0.25, 0.3) is 0 Å². The molecule has 0 atom stereocenters. The smallest absolute Gasteiger partial charge is 0.312 e.